The molecule has 2 fully saturated rings. The molecule has 1 saturated carbocycles. The summed E-state index contributed by atoms with van der Waals surface area (Å²) in [5.74, 6) is 0. The molecule has 1 saturated heterocycles. The zero-order chi connectivity index (χ0) is 16.4. The van der Waals surface area contributed by atoms with E-state index >= 15 is 0 Å². The molecule has 1 aliphatic heterocycles. The fourth-order valence-electron chi connectivity index (χ4n) is 4.59. The first-order valence-electron chi connectivity index (χ1n) is 9.34. The predicted molar refractivity (Wildman–Crippen MR) is 101 cm³/mol. The summed E-state index contributed by atoms with van der Waals surface area (Å²) in [7, 11) is 0. The van der Waals surface area contributed by atoms with Crippen LogP contribution in [0.3, 0.4) is 0 Å². The lowest BCUT2D eigenvalue weighted by molar-refractivity contribution is 0.00545. The quantitative estimate of drug-likeness (QED) is 0.795. The van der Waals surface area contributed by atoms with Gasteiger partial charge in [0.05, 0.1) is 5.54 Å². The van der Waals surface area contributed by atoms with Gasteiger partial charge in [0.15, 0.2) is 0 Å². The van der Waals surface area contributed by atoms with E-state index in [1.54, 1.807) is 4.88 Å². The van der Waals surface area contributed by atoms with E-state index in [-0.39, 0.29) is 12.2 Å². The molecule has 4 heteroatoms. The summed E-state index contributed by atoms with van der Waals surface area (Å²) in [4.78, 5) is 6.56. The molecule has 130 valence electrons. The number of benzene rings is 1. The highest BCUT2D eigenvalue weighted by Gasteiger charge is 2.41. The van der Waals surface area contributed by atoms with Crippen LogP contribution in [0.2, 0.25) is 0 Å². The van der Waals surface area contributed by atoms with Gasteiger partial charge in [-0.25, -0.2) is 4.39 Å². The topological polar surface area (TPSA) is 6.48 Å². The molecule has 0 N–H and O–H groups in total. The number of hydrogen-bond acceptors (Lipinski definition) is 3. The van der Waals surface area contributed by atoms with Crippen LogP contribution in [-0.4, -0.2) is 49.2 Å². The molecule has 0 radical (unpaired) electrons. The third-order valence-electron chi connectivity index (χ3n) is 5.94. The molecule has 1 aromatic carbocycles. The van der Waals surface area contributed by atoms with Crippen molar-refractivity contribution in [1.29, 1.82) is 0 Å². The van der Waals surface area contributed by atoms with Gasteiger partial charge in [0.25, 0.3) is 0 Å². The van der Waals surface area contributed by atoms with E-state index in [0.29, 0.717) is 6.54 Å². The van der Waals surface area contributed by atoms with E-state index in [1.165, 1.54) is 42.2 Å². The summed E-state index contributed by atoms with van der Waals surface area (Å²) < 4.78 is 14.0. The molecule has 0 atom stereocenters. The van der Waals surface area contributed by atoms with E-state index in [1.807, 2.05) is 11.3 Å². The number of piperazine rings is 1. The molecule has 1 aromatic heterocycles. The Kier molecular flexibility index (Phi) is 4.88. The van der Waals surface area contributed by atoms with Gasteiger partial charge in [-0.3, -0.25) is 9.80 Å². The van der Waals surface area contributed by atoms with E-state index in [0.717, 1.165) is 26.2 Å². The zero-order valence-electron chi connectivity index (χ0n) is 14.3. The number of rotatable bonds is 4. The van der Waals surface area contributed by atoms with Gasteiger partial charge in [0, 0.05) is 42.3 Å². The summed E-state index contributed by atoms with van der Waals surface area (Å²) in [6.07, 6.45) is 6.60. The molecule has 2 heterocycles. The van der Waals surface area contributed by atoms with Crippen LogP contribution in [0.5, 0.6) is 0 Å². The van der Waals surface area contributed by atoms with Gasteiger partial charge in [-0.2, -0.15) is 0 Å². The van der Waals surface area contributed by atoms with Gasteiger partial charge in [-0.1, -0.05) is 37.5 Å². The molecule has 0 amide bonds. The van der Waals surface area contributed by atoms with Crippen molar-refractivity contribution in [2.75, 3.05) is 39.4 Å². The van der Waals surface area contributed by atoms with Gasteiger partial charge in [0.1, 0.15) is 6.67 Å². The van der Waals surface area contributed by atoms with Gasteiger partial charge in [0.2, 0.25) is 0 Å². The Hall–Kier alpha value is -0.970. The van der Waals surface area contributed by atoms with Crippen molar-refractivity contribution >= 4 is 21.4 Å². The van der Waals surface area contributed by atoms with Gasteiger partial charge in [-0.15, -0.1) is 11.3 Å². The fraction of sp³-hybridized carbons (Fsp3) is 0.600. The van der Waals surface area contributed by atoms with Crippen LogP contribution in [0.1, 0.15) is 37.0 Å². The van der Waals surface area contributed by atoms with Gasteiger partial charge in [-0.05, 0) is 30.4 Å². The smallest absolute Gasteiger partial charge is 0.102 e. The largest absolute Gasteiger partial charge is 0.298 e. The second-order valence-electron chi connectivity index (χ2n) is 7.26. The Morgan fingerprint density at radius 3 is 2.46 bits per heavy atom. The minimum absolute atomic E-state index is 0.221. The number of hydrogen-bond donors (Lipinski definition) is 0. The summed E-state index contributed by atoms with van der Waals surface area (Å²) >= 11 is 1.99. The first-order chi connectivity index (χ1) is 11.8. The lowest BCUT2D eigenvalue weighted by atomic mass is 9.78. The van der Waals surface area contributed by atoms with Crippen LogP contribution < -0.4 is 0 Å². The van der Waals surface area contributed by atoms with Crippen molar-refractivity contribution in [1.82, 2.24) is 9.80 Å². The molecule has 0 unspecified atom stereocenters. The molecule has 4 rings (SSSR count). The maximum absolute atomic E-state index is 12.6. The number of halogens is 1. The van der Waals surface area contributed by atoms with Crippen molar-refractivity contribution in [3.8, 4) is 0 Å². The van der Waals surface area contributed by atoms with Crippen molar-refractivity contribution in [3.63, 3.8) is 0 Å². The predicted octanol–water partition coefficient (Wildman–Crippen LogP) is 4.65. The molecule has 0 bridgehead atoms. The van der Waals surface area contributed by atoms with Crippen molar-refractivity contribution in [2.24, 2.45) is 0 Å². The zero-order valence-corrected chi connectivity index (χ0v) is 15.2. The molecule has 0 spiro atoms. The molecule has 2 nitrogen and oxygen atoms in total. The summed E-state index contributed by atoms with van der Waals surface area (Å²) in [6.45, 7) is 4.56. The average Bonchev–Trinajstić information content (AvgIpc) is 3.08. The number of alkyl halides is 1. The van der Waals surface area contributed by atoms with Crippen molar-refractivity contribution in [3.05, 3.63) is 35.2 Å². The van der Waals surface area contributed by atoms with Gasteiger partial charge >= 0.3 is 0 Å². The van der Waals surface area contributed by atoms with Crippen LogP contribution in [0, 0.1) is 0 Å². The van der Waals surface area contributed by atoms with E-state index in [4.69, 9.17) is 0 Å². The average molecular weight is 347 g/mol. The Balaban J connectivity index is 1.63. The standard InChI is InChI=1S/C20H27FN2S/c21-10-11-22-12-14-23(15-13-22)20(8-4-1-5-9-20)19-16-17-6-2-3-7-18(17)24-19/h2-3,6-7,16H,1,4-5,8-15H2. The monoisotopic (exact) mass is 346 g/mol. The minimum Gasteiger partial charge on any atom is -0.298 e. The Morgan fingerprint density at radius 2 is 1.75 bits per heavy atom. The summed E-state index contributed by atoms with van der Waals surface area (Å²) in [5.41, 5.74) is 0.226. The highest BCUT2D eigenvalue weighted by molar-refractivity contribution is 7.19. The highest BCUT2D eigenvalue weighted by atomic mass is 32.1. The number of thiophene rings is 1. The van der Waals surface area contributed by atoms with Crippen LogP contribution in [0.25, 0.3) is 10.1 Å². The normalized spacial score (nSPS) is 22.9. The van der Waals surface area contributed by atoms with Gasteiger partial charge < -0.3 is 0 Å². The number of fused-ring (bicyclic) bond motifs is 1. The molecular weight excluding hydrogens is 319 g/mol. The highest BCUT2D eigenvalue weighted by Crippen LogP contribution is 2.46. The maximum atomic E-state index is 12.6. The van der Waals surface area contributed by atoms with E-state index in [9.17, 15) is 4.39 Å². The minimum atomic E-state index is -0.221. The fourth-order valence-corrected chi connectivity index (χ4v) is 5.92. The maximum Gasteiger partial charge on any atom is 0.102 e. The van der Waals surface area contributed by atoms with Crippen molar-refractivity contribution < 1.29 is 4.39 Å². The lowest BCUT2D eigenvalue weighted by Gasteiger charge is -2.49. The van der Waals surface area contributed by atoms with Crippen LogP contribution in [0.4, 0.5) is 4.39 Å². The summed E-state index contributed by atoms with van der Waals surface area (Å²) in [6, 6.07) is 11.2. The third kappa shape index (κ3) is 3.00. The van der Waals surface area contributed by atoms with E-state index in [2.05, 4.69) is 40.1 Å². The Bertz CT molecular complexity index is 636. The summed E-state index contributed by atoms with van der Waals surface area (Å²) in [5, 5.41) is 1.39. The Labute approximate surface area is 148 Å². The first kappa shape index (κ1) is 16.5. The molecular formula is C20H27FN2S. The second-order valence-corrected chi connectivity index (χ2v) is 8.34. The number of nitrogens with zero attached hydrogens (tertiary/aromatic N) is 2. The molecule has 2 aromatic rings. The van der Waals surface area contributed by atoms with Crippen molar-refractivity contribution in [2.45, 2.75) is 37.6 Å². The molecule has 1 aliphatic carbocycles. The lowest BCUT2D eigenvalue weighted by Crippen LogP contribution is -2.56. The molecule has 24 heavy (non-hydrogen) atoms. The third-order valence-corrected chi connectivity index (χ3v) is 7.25. The van der Waals surface area contributed by atoms with E-state index < -0.39 is 0 Å². The first-order valence-corrected chi connectivity index (χ1v) is 10.2. The van der Waals surface area contributed by atoms with Crippen LogP contribution >= 0.6 is 11.3 Å². The molecule has 2 aliphatic rings. The SMILES string of the molecule is FCCN1CCN(C2(c3cc4ccccc4s3)CCCCC2)CC1. The second kappa shape index (κ2) is 7.11. The van der Waals surface area contributed by atoms with Crippen LogP contribution in [0.15, 0.2) is 30.3 Å². The Morgan fingerprint density at radius 1 is 1.00 bits per heavy atom. The van der Waals surface area contributed by atoms with Crippen LogP contribution in [-0.2, 0) is 5.54 Å².